The van der Waals surface area contributed by atoms with E-state index in [0.29, 0.717) is 24.0 Å². The van der Waals surface area contributed by atoms with Crippen LogP contribution in [0.25, 0.3) is 0 Å². The van der Waals surface area contributed by atoms with E-state index in [9.17, 15) is 25.9 Å². The molecule has 0 spiro atoms. The molecule has 0 unspecified atom stereocenters. The minimum Gasteiger partial charge on any atom is -0.744 e. The molecule has 0 saturated carbocycles. The summed E-state index contributed by atoms with van der Waals surface area (Å²) in [5.74, 6) is 0. The van der Waals surface area contributed by atoms with Crippen molar-refractivity contribution in [2.24, 2.45) is 0 Å². The van der Waals surface area contributed by atoms with Crippen molar-refractivity contribution in [2.45, 2.75) is 165 Å². The number of aliphatic hydroxyl groups is 1. The predicted octanol–water partition coefficient (Wildman–Crippen LogP) is 9.34. The van der Waals surface area contributed by atoms with Gasteiger partial charge in [0, 0.05) is 7.11 Å². The fourth-order valence-corrected chi connectivity index (χ4v) is 6.99. The van der Waals surface area contributed by atoms with E-state index >= 15 is 0 Å². The van der Waals surface area contributed by atoms with Gasteiger partial charge in [0.25, 0.3) is 0 Å². The summed E-state index contributed by atoms with van der Waals surface area (Å²) in [6.45, 7) is 4.46. The van der Waals surface area contributed by atoms with Crippen LogP contribution in [-0.4, -0.2) is 75.9 Å². The summed E-state index contributed by atoms with van der Waals surface area (Å²) >= 11 is 0. The number of hydrogen-bond acceptors (Lipinski definition) is 7. The summed E-state index contributed by atoms with van der Waals surface area (Å²) in [6.07, 6.45) is 26.3. The van der Waals surface area contributed by atoms with Crippen molar-refractivity contribution in [3.8, 4) is 0 Å². The molecule has 0 radical (unpaired) electrons. The van der Waals surface area contributed by atoms with Gasteiger partial charge in [-0.2, -0.15) is 0 Å². The standard InChI is InChI=1S/2C18H30O3S.CH4O.Ca/c2*1-2-3-4-5-6-7-8-9-10-11-14-17-15-12-13-16-18(17)22(19,20)21;1-2;/h2*12-13,15-16H,2-11,14H2,1H3,(H,19,20,21);2H,1H3;/q;;;+2/p-2. The summed E-state index contributed by atoms with van der Waals surface area (Å²) in [5, 5.41) is 7.00. The zero-order valence-electron chi connectivity index (χ0n) is 29.6. The number of hydrogen-bond donors (Lipinski definition) is 1. The average molecular weight is 723 g/mol. The maximum Gasteiger partial charge on any atom is 2.00 e. The average Bonchev–Trinajstić information content (AvgIpc) is 3.03. The van der Waals surface area contributed by atoms with E-state index < -0.39 is 20.2 Å². The second-order valence-electron chi connectivity index (χ2n) is 12.0. The van der Waals surface area contributed by atoms with Crippen molar-refractivity contribution in [3.05, 3.63) is 59.7 Å². The first kappa shape index (κ1) is 48.6. The van der Waals surface area contributed by atoms with Gasteiger partial charge in [0.15, 0.2) is 0 Å². The van der Waals surface area contributed by atoms with Gasteiger partial charge in [-0.05, 0) is 48.9 Å². The zero-order valence-corrected chi connectivity index (χ0v) is 33.4. The van der Waals surface area contributed by atoms with Crippen LogP contribution in [0.5, 0.6) is 0 Å². The molecule has 266 valence electrons. The Morgan fingerprint density at radius 2 is 0.681 bits per heavy atom. The normalized spacial score (nSPS) is 11.1. The second-order valence-corrected chi connectivity index (χ2v) is 14.7. The van der Waals surface area contributed by atoms with Crippen LogP contribution in [0.1, 0.15) is 153 Å². The number of aliphatic hydroxyl groups excluding tert-OH is 1. The molecule has 2 aromatic rings. The molecular weight excluding hydrogens is 661 g/mol. The Kier molecular flexibility index (Phi) is 32.5. The molecule has 0 aliphatic rings. The molecule has 0 fully saturated rings. The van der Waals surface area contributed by atoms with Crippen LogP contribution in [0.3, 0.4) is 0 Å². The molecule has 0 saturated heterocycles. The second kappa shape index (κ2) is 31.5. The van der Waals surface area contributed by atoms with Crippen molar-refractivity contribution in [2.75, 3.05) is 7.11 Å². The van der Waals surface area contributed by atoms with Gasteiger partial charge in [0.2, 0.25) is 0 Å². The van der Waals surface area contributed by atoms with Crippen LogP contribution >= 0.6 is 0 Å². The van der Waals surface area contributed by atoms with E-state index in [4.69, 9.17) is 5.11 Å². The van der Waals surface area contributed by atoms with Gasteiger partial charge in [-0.1, -0.05) is 166 Å². The van der Waals surface area contributed by atoms with Crippen molar-refractivity contribution in [3.63, 3.8) is 0 Å². The molecule has 47 heavy (non-hydrogen) atoms. The molecule has 0 aliphatic heterocycles. The molecule has 0 aliphatic carbocycles. The minimum absolute atomic E-state index is 0. The van der Waals surface area contributed by atoms with Crippen LogP contribution in [0, 0.1) is 0 Å². The first-order valence-corrected chi connectivity index (χ1v) is 20.4. The Morgan fingerprint density at radius 3 is 0.936 bits per heavy atom. The third-order valence-electron chi connectivity index (χ3n) is 8.08. The maximum absolute atomic E-state index is 11.2. The topological polar surface area (TPSA) is 135 Å². The first-order chi connectivity index (χ1) is 22.1. The Labute approximate surface area is 318 Å². The molecule has 0 amide bonds. The van der Waals surface area contributed by atoms with Gasteiger partial charge in [-0.25, -0.2) is 16.8 Å². The Morgan fingerprint density at radius 1 is 0.447 bits per heavy atom. The van der Waals surface area contributed by atoms with Gasteiger partial charge < -0.3 is 14.2 Å². The van der Waals surface area contributed by atoms with Crippen molar-refractivity contribution < 1.29 is 31.0 Å². The van der Waals surface area contributed by atoms with Crippen molar-refractivity contribution >= 4 is 58.0 Å². The monoisotopic (exact) mass is 722 g/mol. The van der Waals surface area contributed by atoms with Gasteiger partial charge in [-0.3, -0.25) is 0 Å². The van der Waals surface area contributed by atoms with Gasteiger partial charge in [0.05, 0.1) is 9.79 Å². The van der Waals surface area contributed by atoms with E-state index in [2.05, 4.69) is 13.8 Å². The smallest absolute Gasteiger partial charge is 0.744 e. The molecule has 0 bridgehead atoms. The summed E-state index contributed by atoms with van der Waals surface area (Å²) in [7, 11) is -7.69. The van der Waals surface area contributed by atoms with Gasteiger partial charge in [0.1, 0.15) is 20.2 Å². The van der Waals surface area contributed by atoms with Crippen LogP contribution < -0.4 is 0 Å². The van der Waals surface area contributed by atoms with E-state index in [1.165, 1.54) is 115 Å². The molecule has 0 atom stereocenters. The SMILES string of the molecule is CCCCCCCCCCCCc1ccccc1S(=O)(=O)[O-].CCCCCCCCCCCCc1ccccc1S(=O)(=O)[O-].CO.[Ca+2]. The molecule has 10 heteroatoms. The number of aryl methyl sites for hydroxylation is 2. The van der Waals surface area contributed by atoms with E-state index in [0.717, 1.165) is 32.8 Å². The van der Waals surface area contributed by atoms with Gasteiger partial charge >= 0.3 is 37.7 Å². The minimum atomic E-state index is -4.35. The zero-order chi connectivity index (χ0) is 34.5. The maximum atomic E-state index is 11.2. The molecular formula is C37H62CaO7S2. The van der Waals surface area contributed by atoms with Crippen molar-refractivity contribution in [1.82, 2.24) is 0 Å². The molecule has 0 heterocycles. The predicted molar refractivity (Wildman–Crippen MR) is 194 cm³/mol. The largest absolute Gasteiger partial charge is 2.00 e. The third kappa shape index (κ3) is 26.0. The Bertz CT molecular complexity index is 1120. The fourth-order valence-electron chi connectivity index (χ4n) is 5.51. The number of benzene rings is 2. The van der Waals surface area contributed by atoms with Crippen molar-refractivity contribution in [1.29, 1.82) is 0 Å². The molecule has 2 rings (SSSR count). The Hall–Kier alpha value is -0.520. The third-order valence-corrected chi connectivity index (χ3v) is 9.96. The van der Waals surface area contributed by atoms with E-state index in [1.807, 2.05) is 0 Å². The Balaban J connectivity index is 0. The summed E-state index contributed by atoms with van der Waals surface area (Å²) < 4.78 is 67.1. The van der Waals surface area contributed by atoms with E-state index in [1.54, 1.807) is 36.4 Å². The van der Waals surface area contributed by atoms with Crippen LogP contribution in [-0.2, 0) is 33.1 Å². The molecule has 1 N–H and O–H groups in total. The van der Waals surface area contributed by atoms with Crippen LogP contribution in [0.4, 0.5) is 0 Å². The number of unbranched alkanes of at least 4 members (excludes halogenated alkanes) is 18. The summed E-state index contributed by atoms with van der Waals surface area (Å²) in [5.41, 5.74) is 1.33. The summed E-state index contributed by atoms with van der Waals surface area (Å²) in [6, 6.07) is 13.1. The quantitative estimate of drug-likeness (QED) is 0.0648. The number of rotatable bonds is 24. The van der Waals surface area contributed by atoms with E-state index in [-0.39, 0.29) is 47.5 Å². The van der Waals surface area contributed by atoms with Gasteiger partial charge in [-0.15, -0.1) is 0 Å². The molecule has 7 nitrogen and oxygen atoms in total. The van der Waals surface area contributed by atoms with Crippen LogP contribution in [0.15, 0.2) is 58.3 Å². The van der Waals surface area contributed by atoms with Crippen LogP contribution in [0.2, 0.25) is 0 Å². The first-order valence-electron chi connectivity index (χ1n) is 17.6. The summed E-state index contributed by atoms with van der Waals surface area (Å²) in [4.78, 5) is -0.100. The fraction of sp³-hybridized carbons (Fsp3) is 0.676. The molecule has 0 aromatic heterocycles. The molecule has 2 aromatic carbocycles.